The molecule has 18 heavy (non-hydrogen) atoms. The first kappa shape index (κ1) is 12.9. The van der Waals surface area contributed by atoms with Gasteiger partial charge in [-0.25, -0.2) is 0 Å². The van der Waals surface area contributed by atoms with E-state index in [-0.39, 0.29) is 11.2 Å². The van der Waals surface area contributed by atoms with E-state index in [0.29, 0.717) is 5.41 Å². The number of hydrogen-bond donors (Lipinski definition) is 1. The topological polar surface area (TPSA) is 53.7 Å². The zero-order chi connectivity index (χ0) is 12.7. The Morgan fingerprint density at radius 3 is 2.17 bits per heavy atom. The molecule has 0 aromatic heterocycles. The van der Waals surface area contributed by atoms with Crippen molar-refractivity contribution >= 4 is 0 Å². The monoisotopic (exact) mass is 255 g/mol. The Morgan fingerprint density at radius 2 is 1.67 bits per heavy atom. The summed E-state index contributed by atoms with van der Waals surface area (Å²) in [6.07, 6.45) is 7.00. The predicted octanol–water partition coefficient (Wildman–Crippen LogP) is 1.68. The maximum Gasteiger partial charge on any atom is 0.168 e. The molecule has 0 bridgehead atoms. The van der Waals surface area contributed by atoms with Gasteiger partial charge in [-0.3, -0.25) is 0 Å². The highest BCUT2D eigenvalue weighted by atomic mass is 16.7. The highest BCUT2D eigenvalue weighted by Gasteiger charge is 2.57. The summed E-state index contributed by atoms with van der Waals surface area (Å²) in [4.78, 5) is 0. The molecular formula is C14H25NO3. The van der Waals surface area contributed by atoms with Crippen LogP contribution in [0.1, 0.15) is 38.5 Å². The van der Waals surface area contributed by atoms with Crippen molar-refractivity contribution in [3.63, 3.8) is 0 Å². The normalized spacial score (nSPS) is 31.7. The van der Waals surface area contributed by atoms with E-state index in [0.717, 1.165) is 39.2 Å². The zero-order valence-electron chi connectivity index (χ0n) is 11.4. The van der Waals surface area contributed by atoms with Crippen LogP contribution in [0.15, 0.2) is 0 Å². The number of hydrogen-bond acceptors (Lipinski definition) is 4. The van der Waals surface area contributed by atoms with Crippen LogP contribution in [0.3, 0.4) is 0 Å². The Hall–Kier alpha value is -0.160. The van der Waals surface area contributed by atoms with Crippen LogP contribution >= 0.6 is 0 Å². The number of ether oxygens (including phenoxy) is 3. The molecule has 2 N–H and O–H groups in total. The molecular weight excluding hydrogens is 230 g/mol. The van der Waals surface area contributed by atoms with E-state index in [2.05, 4.69) is 0 Å². The van der Waals surface area contributed by atoms with E-state index in [9.17, 15) is 0 Å². The molecule has 0 atom stereocenters. The Bertz CT molecular complexity index is 294. The Kier molecular flexibility index (Phi) is 3.17. The van der Waals surface area contributed by atoms with Crippen molar-refractivity contribution in [1.82, 2.24) is 0 Å². The van der Waals surface area contributed by atoms with E-state index in [4.69, 9.17) is 19.9 Å². The van der Waals surface area contributed by atoms with Crippen molar-refractivity contribution in [3.8, 4) is 0 Å². The minimum atomic E-state index is -0.229. The van der Waals surface area contributed by atoms with Gasteiger partial charge >= 0.3 is 0 Å². The summed E-state index contributed by atoms with van der Waals surface area (Å²) < 4.78 is 16.9. The van der Waals surface area contributed by atoms with Crippen molar-refractivity contribution in [2.24, 2.45) is 16.6 Å². The molecule has 0 aromatic rings. The van der Waals surface area contributed by atoms with Gasteiger partial charge in [-0.2, -0.15) is 0 Å². The Labute approximate surface area is 109 Å². The predicted molar refractivity (Wildman–Crippen MR) is 68.1 cm³/mol. The van der Waals surface area contributed by atoms with Gasteiger partial charge in [-0.05, 0) is 31.1 Å². The van der Waals surface area contributed by atoms with Crippen LogP contribution in [0.25, 0.3) is 0 Å². The van der Waals surface area contributed by atoms with Gasteiger partial charge in [0.05, 0.1) is 19.8 Å². The van der Waals surface area contributed by atoms with Gasteiger partial charge in [-0.15, -0.1) is 0 Å². The maximum absolute atomic E-state index is 5.93. The van der Waals surface area contributed by atoms with Crippen LogP contribution in [0.2, 0.25) is 0 Å². The highest BCUT2D eigenvalue weighted by molar-refractivity contribution is 5.06. The summed E-state index contributed by atoms with van der Waals surface area (Å²) >= 11 is 0. The summed E-state index contributed by atoms with van der Waals surface area (Å²) in [6, 6.07) is 0. The van der Waals surface area contributed by atoms with Gasteiger partial charge in [0.15, 0.2) is 5.79 Å². The standard InChI is InChI=1S/C14H25NO3/c1-16-11-13(10-15)8-12(9-13)2-4-14(5-3-12)17-6-7-18-14/h2-11,15H2,1H3. The molecule has 2 spiro atoms. The van der Waals surface area contributed by atoms with Crippen molar-refractivity contribution < 1.29 is 14.2 Å². The molecule has 4 nitrogen and oxygen atoms in total. The molecule has 0 unspecified atom stereocenters. The first-order valence-corrected chi connectivity index (χ1v) is 7.13. The average Bonchev–Trinajstić information content (AvgIpc) is 2.79. The van der Waals surface area contributed by atoms with Gasteiger partial charge < -0.3 is 19.9 Å². The lowest BCUT2D eigenvalue weighted by Crippen LogP contribution is -2.56. The summed E-state index contributed by atoms with van der Waals surface area (Å²) in [5.41, 5.74) is 6.68. The molecule has 3 fully saturated rings. The minimum Gasteiger partial charge on any atom is -0.384 e. The summed E-state index contributed by atoms with van der Waals surface area (Å²) in [5, 5.41) is 0. The van der Waals surface area contributed by atoms with E-state index in [1.807, 2.05) is 0 Å². The van der Waals surface area contributed by atoms with E-state index in [1.54, 1.807) is 7.11 Å². The molecule has 4 heteroatoms. The van der Waals surface area contributed by atoms with Crippen molar-refractivity contribution in [2.75, 3.05) is 33.5 Å². The molecule has 0 aromatic carbocycles. The molecule has 1 saturated heterocycles. The fraction of sp³-hybridized carbons (Fsp3) is 1.00. The molecule has 0 amide bonds. The Balaban J connectivity index is 1.57. The molecule has 0 radical (unpaired) electrons. The lowest BCUT2D eigenvalue weighted by Gasteiger charge is -2.59. The van der Waals surface area contributed by atoms with Crippen LogP contribution in [-0.4, -0.2) is 39.3 Å². The third-order valence-electron chi connectivity index (χ3n) is 5.27. The summed E-state index contributed by atoms with van der Waals surface area (Å²) in [7, 11) is 1.78. The zero-order valence-corrected chi connectivity index (χ0v) is 11.4. The van der Waals surface area contributed by atoms with Gasteiger partial charge in [0.1, 0.15) is 0 Å². The van der Waals surface area contributed by atoms with Gasteiger partial charge in [0, 0.05) is 31.9 Å². The van der Waals surface area contributed by atoms with Gasteiger partial charge in [-0.1, -0.05) is 0 Å². The average molecular weight is 255 g/mol. The van der Waals surface area contributed by atoms with Crippen LogP contribution in [0.5, 0.6) is 0 Å². The quantitative estimate of drug-likeness (QED) is 0.833. The lowest BCUT2D eigenvalue weighted by molar-refractivity contribution is -0.214. The van der Waals surface area contributed by atoms with Crippen molar-refractivity contribution in [2.45, 2.75) is 44.3 Å². The van der Waals surface area contributed by atoms with Crippen molar-refractivity contribution in [1.29, 1.82) is 0 Å². The van der Waals surface area contributed by atoms with Crippen LogP contribution in [-0.2, 0) is 14.2 Å². The molecule has 1 aliphatic heterocycles. The third kappa shape index (κ3) is 1.99. The van der Waals surface area contributed by atoms with E-state index < -0.39 is 0 Å². The maximum atomic E-state index is 5.93. The van der Waals surface area contributed by atoms with Crippen LogP contribution in [0, 0.1) is 10.8 Å². The van der Waals surface area contributed by atoms with Crippen LogP contribution in [0.4, 0.5) is 0 Å². The molecule has 2 saturated carbocycles. The number of rotatable bonds is 3. The lowest BCUT2D eigenvalue weighted by atomic mass is 9.48. The second-order valence-corrected chi connectivity index (χ2v) is 6.60. The first-order valence-electron chi connectivity index (χ1n) is 7.13. The van der Waals surface area contributed by atoms with E-state index >= 15 is 0 Å². The summed E-state index contributed by atoms with van der Waals surface area (Å²) in [5.74, 6) is -0.229. The second kappa shape index (κ2) is 4.44. The number of methoxy groups -OCH3 is 1. The molecule has 1 heterocycles. The fourth-order valence-electron chi connectivity index (χ4n) is 4.45. The largest absolute Gasteiger partial charge is 0.384 e. The number of nitrogens with two attached hydrogens (primary N) is 1. The molecule has 104 valence electrons. The Morgan fingerprint density at radius 1 is 1.06 bits per heavy atom. The first-order chi connectivity index (χ1) is 8.66. The second-order valence-electron chi connectivity index (χ2n) is 6.60. The molecule has 2 aliphatic carbocycles. The smallest absolute Gasteiger partial charge is 0.168 e. The van der Waals surface area contributed by atoms with Gasteiger partial charge in [0.25, 0.3) is 0 Å². The molecule has 3 aliphatic rings. The highest BCUT2D eigenvalue weighted by Crippen LogP contribution is 2.62. The van der Waals surface area contributed by atoms with E-state index in [1.165, 1.54) is 25.7 Å². The van der Waals surface area contributed by atoms with Crippen molar-refractivity contribution in [3.05, 3.63) is 0 Å². The summed E-state index contributed by atoms with van der Waals surface area (Å²) in [6.45, 7) is 3.09. The SMILES string of the molecule is COCC1(CN)CC2(CCC3(CC2)OCCO3)C1. The van der Waals surface area contributed by atoms with Crippen LogP contribution < -0.4 is 5.73 Å². The fourth-order valence-corrected chi connectivity index (χ4v) is 4.45. The minimum absolute atomic E-state index is 0.229. The van der Waals surface area contributed by atoms with Gasteiger partial charge in [0.2, 0.25) is 0 Å². The molecule has 3 rings (SSSR count). The third-order valence-corrected chi connectivity index (χ3v) is 5.27.